The molecular weight excluding hydrogens is 196 g/mol. The molecule has 16 heavy (non-hydrogen) atoms. The van der Waals surface area contributed by atoms with Gasteiger partial charge in [-0.05, 0) is 56.8 Å². The summed E-state index contributed by atoms with van der Waals surface area (Å²) < 4.78 is 0. The van der Waals surface area contributed by atoms with Gasteiger partial charge in [0.25, 0.3) is 0 Å². The Morgan fingerprint density at radius 3 is 2.62 bits per heavy atom. The van der Waals surface area contributed by atoms with E-state index in [2.05, 4.69) is 27.7 Å². The van der Waals surface area contributed by atoms with E-state index < -0.39 is 0 Å². The molecule has 0 heterocycles. The fraction of sp³-hybridized carbons (Fsp3) is 0.867. The van der Waals surface area contributed by atoms with Gasteiger partial charge in [-0.2, -0.15) is 0 Å². The minimum absolute atomic E-state index is 0.0770. The van der Waals surface area contributed by atoms with Crippen LogP contribution in [-0.2, 0) is 0 Å². The van der Waals surface area contributed by atoms with Gasteiger partial charge >= 0.3 is 0 Å². The van der Waals surface area contributed by atoms with E-state index in [4.69, 9.17) is 0 Å². The van der Waals surface area contributed by atoms with Crippen LogP contribution in [0.2, 0.25) is 0 Å². The molecule has 0 amide bonds. The van der Waals surface area contributed by atoms with Gasteiger partial charge in [0.1, 0.15) is 0 Å². The minimum Gasteiger partial charge on any atom is -0.392 e. The van der Waals surface area contributed by atoms with Crippen molar-refractivity contribution in [3.8, 4) is 0 Å². The molecule has 90 valence electrons. The number of allylic oxidation sites excluding steroid dienone is 2. The fourth-order valence-corrected chi connectivity index (χ4v) is 5.15. The second-order valence-electron chi connectivity index (χ2n) is 7.22. The molecule has 0 spiro atoms. The molecular formula is C15H24O. The SMILES string of the molecule is CC(C)=C1C[C@]2(C)C(O)[C@@]3(C)CC[C@@H]2[C@@H]1C3. The topological polar surface area (TPSA) is 20.2 Å². The monoisotopic (exact) mass is 220 g/mol. The van der Waals surface area contributed by atoms with Crippen molar-refractivity contribution in [2.75, 3.05) is 0 Å². The number of hydrogen-bond acceptors (Lipinski definition) is 1. The highest BCUT2D eigenvalue weighted by Gasteiger charge is 2.64. The fourth-order valence-electron chi connectivity index (χ4n) is 5.15. The van der Waals surface area contributed by atoms with Gasteiger partial charge in [0.05, 0.1) is 6.10 Å². The highest BCUT2D eigenvalue weighted by atomic mass is 16.3. The quantitative estimate of drug-likeness (QED) is 0.619. The van der Waals surface area contributed by atoms with Gasteiger partial charge in [-0.1, -0.05) is 25.0 Å². The second kappa shape index (κ2) is 2.93. The Hall–Kier alpha value is -0.300. The highest BCUT2D eigenvalue weighted by molar-refractivity contribution is 5.30. The summed E-state index contributed by atoms with van der Waals surface area (Å²) >= 11 is 0. The summed E-state index contributed by atoms with van der Waals surface area (Å²) in [6.45, 7) is 9.15. The third-order valence-corrected chi connectivity index (χ3v) is 5.99. The Morgan fingerprint density at radius 1 is 1.31 bits per heavy atom. The van der Waals surface area contributed by atoms with Crippen molar-refractivity contribution < 1.29 is 5.11 Å². The molecule has 1 unspecified atom stereocenters. The lowest BCUT2D eigenvalue weighted by molar-refractivity contribution is -0.159. The first-order chi connectivity index (χ1) is 7.38. The van der Waals surface area contributed by atoms with Crippen LogP contribution in [0.5, 0.6) is 0 Å². The first-order valence-electron chi connectivity index (χ1n) is 6.73. The van der Waals surface area contributed by atoms with Crippen LogP contribution in [0.25, 0.3) is 0 Å². The second-order valence-corrected chi connectivity index (χ2v) is 7.22. The van der Waals surface area contributed by atoms with Gasteiger partial charge in [-0.3, -0.25) is 0 Å². The molecule has 0 aliphatic heterocycles. The van der Waals surface area contributed by atoms with E-state index in [0.717, 1.165) is 18.3 Å². The molecule has 0 aromatic heterocycles. The zero-order chi connectivity index (χ0) is 11.7. The molecule has 0 radical (unpaired) electrons. The summed E-state index contributed by atoms with van der Waals surface area (Å²) in [5.74, 6) is 1.55. The van der Waals surface area contributed by atoms with Gasteiger partial charge in [0.2, 0.25) is 0 Å². The molecule has 0 aromatic carbocycles. The molecule has 4 fully saturated rings. The lowest BCUT2D eigenvalue weighted by atomic mass is 9.49. The number of fused-ring (bicyclic) bond motifs is 1. The maximum Gasteiger partial charge on any atom is 0.0653 e. The Labute approximate surface area is 98.9 Å². The van der Waals surface area contributed by atoms with Crippen LogP contribution in [0.1, 0.15) is 53.4 Å². The van der Waals surface area contributed by atoms with E-state index in [1.54, 1.807) is 5.57 Å². The minimum atomic E-state index is -0.0770. The normalized spacial score (nSPS) is 54.6. The standard InChI is InChI=1S/C15H24O/c1-9(2)10-8-15(4)12-5-6-14(3,13(15)16)7-11(10)12/h11-13,16H,5-8H2,1-4H3/t11-,12-,13?,14+,15+/m1/s1. The van der Waals surface area contributed by atoms with Crippen molar-refractivity contribution in [2.45, 2.75) is 59.5 Å². The van der Waals surface area contributed by atoms with Crippen molar-refractivity contribution >= 4 is 0 Å². The van der Waals surface area contributed by atoms with E-state index >= 15 is 0 Å². The van der Waals surface area contributed by atoms with Crippen LogP contribution in [0, 0.1) is 22.7 Å². The molecule has 1 nitrogen and oxygen atoms in total. The van der Waals surface area contributed by atoms with Crippen molar-refractivity contribution in [2.24, 2.45) is 22.7 Å². The van der Waals surface area contributed by atoms with Crippen LogP contribution in [0.3, 0.4) is 0 Å². The molecule has 4 bridgehead atoms. The first-order valence-corrected chi connectivity index (χ1v) is 6.73. The van der Waals surface area contributed by atoms with E-state index in [9.17, 15) is 5.11 Å². The number of aliphatic hydroxyl groups excluding tert-OH is 1. The molecule has 4 saturated carbocycles. The van der Waals surface area contributed by atoms with Crippen LogP contribution in [0.4, 0.5) is 0 Å². The number of rotatable bonds is 0. The molecule has 4 aliphatic carbocycles. The lowest BCUT2D eigenvalue weighted by Gasteiger charge is -2.57. The average Bonchev–Trinajstić information content (AvgIpc) is 2.47. The number of aliphatic hydroxyl groups is 1. The van der Waals surface area contributed by atoms with Crippen LogP contribution in [-0.4, -0.2) is 11.2 Å². The molecule has 0 aromatic rings. The van der Waals surface area contributed by atoms with E-state index in [1.807, 2.05) is 0 Å². The summed E-state index contributed by atoms with van der Waals surface area (Å²) in [7, 11) is 0. The zero-order valence-electron chi connectivity index (χ0n) is 11.0. The molecule has 1 heteroatoms. The van der Waals surface area contributed by atoms with E-state index in [1.165, 1.54) is 24.8 Å². The Bertz CT molecular complexity index is 366. The molecule has 1 N–H and O–H groups in total. The predicted molar refractivity (Wildman–Crippen MR) is 66.0 cm³/mol. The highest BCUT2D eigenvalue weighted by Crippen LogP contribution is 2.69. The summed E-state index contributed by atoms with van der Waals surface area (Å²) in [6, 6.07) is 0. The number of hydrogen-bond donors (Lipinski definition) is 1. The van der Waals surface area contributed by atoms with Gasteiger partial charge in [-0.15, -0.1) is 0 Å². The third kappa shape index (κ3) is 1.06. The van der Waals surface area contributed by atoms with Gasteiger partial charge < -0.3 is 5.11 Å². The maximum absolute atomic E-state index is 10.7. The molecule has 5 atom stereocenters. The van der Waals surface area contributed by atoms with Crippen molar-refractivity contribution in [3.63, 3.8) is 0 Å². The largest absolute Gasteiger partial charge is 0.392 e. The smallest absolute Gasteiger partial charge is 0.0653 e. The molecule has 4 rings (SSSR count). The van der Waals surface area contributed by atoms with Crippen molar-refractivity contribution in [3.05, 3.63) is 11.1 Å². The summed E-state index contributed by atoms with van der Waals surface area (Å²) in [4.78, 5) is 0. The molecule has 0 saturated heterocycles. The van der Waals surface area contributed by atoms with Gasteiger partial charge in [0, 0.05) is 5.41 Å². The first kappa shape index (κ1) is 10.8. The zero-order valence-corrected chi connectivity index (χ0v) is 11.0. The van der Waals surface area contributed by atoms with Crippen LogP contribution >= 0.6 is 0 Å². The Morgan fingerprint density at radius 2 is 2.00 bits per heavy atom. The van der Waals surface area contributed by atoms with Crippen LogP contribution in [0.15, 0.2) is 11.1 Å². The Kier molecular flexibility index (Phi) is 1.98. The van der Waals surface area contributed by atoms with Crippen molar-refractivity contribution in [1.82, 2.24) is 0 Å². The predicted octanol–water partition coefficient (Wildman–Crippen LogP) is 3.53. The summed E-state index contributed by atoms with van der Waals surface area (Å²) in [5, 5.41) is 10.7. The third-order valence-electron chi connectivity index (χ3n) is 5.99. The molecule has 4 aliphatic rings. The van der Waals surface area contributed by atoms with Gasteiger partial charge in [-0.25, -0.2) is 0 Å². The van der Waals surface area contributed by atoms with Crippen molar-refractivity contribution in [1.29, 1.82) is 0 Å². The summed E-state index contributed by atoms with van der Waals surface area (Å²) in [6.07, 6.45) is 4.88. The maximum atomic E-state index is 10.7. The van der Waals surface area contributed by atoms with E-state index in [0.29, 0.717) is 0 Å². The average molecular weight is 220 g/mol. The Balaban J connectivity index is 2.12. The van der Waals surface area contributed by atoms with E-state index in [-0.39, 0.29) is 16.9 Å². The van der Waals surface area contributed by atoms with Gasteiger partial charge in [0.15, 0.2) is 0 Å². The van der Waals surface area contributed by atoms with Crippen LogP contribution < -0.4 is 0 Å². The lowest BCUT2D eigenvalue weighted by Crippen LogP contribution is -2.56. The summed E-state index contributed by atoms with van der Waals surface area (Å²) in [5.41, 5.74) is 3.57.